The van der Waals surface area contributed by atoms with Gasteiger partial charge >= 0.3 is 0 Å². The minimum absolute atomic E-state index is 0.741. The minimum atomic E-state index is 0.741. The molecule has 0 radical (unpaired) electrons. The molecule has 0 saturated carbocycles. The standard InChI is InChI=1S/C8H14N2/c1-4-8(5-2)7-10-9-6-3/h4,7H,1,5-6H2,2-3H3/b8-7+,10-9?. The van der Waals surface area contributed by atoms with E-state index in [-0.39, 0.29) is 0 Å². The van der Waals surface area contributed by atoms with Crippen LogP contribution in [0.3, 0.4) is 0 Å². The molecule has 2 nitrogen and oxygen atoms in total. The average molecular weight is 138 g/mol. The molecule has 0 heterocycles. The van der Waals surface area contributed by atoms with Gasteiger partial charge in [-0.15, -0.1) is 0 Å². The summed E-state index contributed by atoms with van der Waals surface area (Å²) in [4.78, 5) is 0. The quantitative estimate of drug-likeness (QED) is 0.421. The van der Waals surface area contributed by atoms with Gasteiger partial charge in [-0.25, -0.2) is 0 Å². The van der Waals surface area contributed by atoms with E-state index in [9.17, 15) is 0 Å². The summed E-state index contributed by atoms with van der Waals surface area (Å²) in [5.41, 5.74) is 1.12. The van der Waals surface area contributed by atoms with E-state index in [1.54, 1.807) is 12.3 Å². The summed E-state index contributed by atoms with van der Waals surface area (Å²) in [6, 6.07) is 0. The first-order valence-corrected chi connectivity index (χ1v) is 3.53. The zero-order valence-electron chi connectivity index (χ0n) is 6.67. The van der Waals surface area contributed by atoms with Crippen molar-refractivity contribution in [1.29, 1.82) is 0 Å². The summed E-state index contributed by atoms with van der Waals surface area (Å²) in [6.45, 7) is 8.40. The number of nitrogens with zero attached hydrogens (tertiary/aromatic N) is 2. The van der Waals surface area contributed by atoms with Gasteiger partial charge in [0.15, 0.2) is 0 Å². The van der Waals surface area contributed by atoms with Crippen LogP contribution in [0.5, 0.6) is 0 Å². The maximum Gasteiger partial charge on any atom is 0.0574 e. The molecule has 56 valence electrons. The van der Waals surface area contributed by atoms with Crippen molar-refractivity contribution in [3.05, 3.63) is 24.4 Å². The Kier molecular flexibility index (Phi) is 5.63. The Hall–Kier alpha value is -0.920. The fourth-order valence-corrected chi connectivity index (χ4v) is 0.485. The molecule has 0 unspecified atom stereocenters. The molecule has 0 atom stereocenters. The monoisotopic (exact) mass is 138 g/mol. The Balaban J connectivity index is 3.85. The first kappa shape index (κ1) is 9.08. The molecule has 0 bridgehead atoms. The molecule has 0 saturated heterocycles. The SMILES string of the molecule is C=C/C(=C\N=NCC)CC. The molecule has 0 aromatic rings. The van der Waals surface area contributed by atoms with Gasteiger partial charge in [-0.3, -0.25) is 0 Å². The number of azo groups is 1. The molecule has 0 aliphatic carbocycles. The van der Waals surface area contributed by atoms with Crippen LogP contribution < -0.4 is 0 Å². The zero-order chi connectivity index (χ0) is 7.82. The van der Waals surface area contributed by atoms with Crippen molar-refractivity contribution in [2.75, 3.05) is 6.54 Å². The Morgan fingerprint density at radius 2 is 2.20 bits per heavy atom. The lowest BCUT2D eigenvalue weighted by Crippen LogP contribution is -1.70. The van der Waals surface area contributed by atoms with E-state index in [1.165, 1.54) is 0 Å². The molecule has 0 spiro atoms. The molecule has 0 aromatic carbocycles. The molecule has 0 fully saturated rings. The molecule has 0 aliphatic heterocycles. The highest BCUT2D eigenvalue weighted by Gasteiger charge is 1.81. The molecule has 0 aliphatic rings. The van der Waals surface area contributed by atoms with Crippen molar-refractivity contribution in [2.45, 2.75) is 20.3 Å². The molecule has 0 aromatic heterocycles. The minimum Gasteiger partial charge on any atom is -0.190 e. The smallest absolute Gasteiger partial charge is 0.0574 e. The summed E-state index contributed by atoms with van der Waals surface area (Å²) in [6.07, 6.45) is 4.51. The van der Waals surface area contributed by atoms with Crippen molar-refractivity contribution in [3.63, 3.8) is 0 Å². The van der Waals surface area contributed by atoms with Crippen molar-refractivity contribution in [3.8, 4) is 0 Å². The molecular formula is C8H14N2. The zero-order valence-corrected chi connectivity index (χ0v) is 6.67. The maximum atomic E-state index is 3.82. The van der Waals surface area contributed by atoms with Gasteiger partial charge in [0.2, 0.25) is 0 Å². The van der Waals surface area contributed by atoms with Gasteiger partial charge in [-0.05, 0) is 18.9 Å². The van der Waals surface area contributed by atoms with Crippen LogP contribution in [0, 0.1) is 0 Å². The lowest BCUT2D eigenvalue weighted by atomic mass is 10.2. The second-order valence-corrected chi connectivity index (χ2v) is 1.83. The van der Waals surface area contributed by atoms with E-state index in [0.29, 0.717) is 0 Å². The molecule has 2 heteroatoms. The van der Waals surface area contributed by atoms with Gasteiger partial charge < -0.3 is 0 Å². The van der Waals surface area contributed by atoms with E-state index in [4.69, 9.17) is 0 Å². The van der Waals surface area contributed by atoms with Crippen molar-refractivity contribution in [2.24, 2.45) is 10.2 Å². The van der Waals surface area contributed by atoms with Gasteiger partial charge in [0.05, 0.1) is 12.7 Å². The van der Waals surface area contributed by atoms with Gasteiger partial charge in [0.25, 0.3) is 0 Å². The lowest BCUT2D eigenvalue weighted by Gasteiger charge is -1.89. The molecule has 10 heavy (non-hydrogen) atoms. The molecule has 0 amide bonds. The lowest BCUT2D eigenvalue weighted by molar-refractivity contribution is 0.989. The van der Waals surface area contributed by atoms with E-state index < -0.39 is 0 Å². The highest BCUT2D eigenvalue weighted by molar-refractivity contribution is 5.13. The topological polar surface area (TPSA) is 24.7 Å². The Labute approximate surface area is 62.4 Å². The molecule has 0 N–H and O–H groups in total. The van der Waals surface area contributed by atoms with Gasteiger partial charge in [0.1, 0.15) is 0 Å². The summed E-state index contributed by atoms with van der Waals surface area (Å²) in [5, 5.41) is 7.63. The third kappa shape index (κ3) is 4.01. The van der Waals surface area contributed by atoms with Crippen molar-refractivity contribution < 1.29 is 0 Å². The van der Waals surface area contributed by atoms with Gasteiger partial charge in [0, 0.05) is 0 Å². The highest BCUT2D eigenvalue weighted by atomic mass is 15.1. The predicted molar refractivity (Wildman–Crippen MR) is 44.0 cm³/mol. The molecule has 0 rings (SSSR count). The Morgan fingerprint density at radius 1 is 1.50 bits per heavy atom. The van der Waals surface area contributed by atoms with Crippen LogP contribution >= 0.6 is 0 Å². The largest absolute Gasteiger partial charge is 0.190 e. The summed E-state index contributed by atoms with van der Waals surface area (Å²) in [7, 11) is 0. The van der Waals surface area contributed by atoms with Gasteiger partial charge in [-0.2, -0.15) is 10.2 Å². The first-order chi connectivity index (χ1) is 4.85. The Bertz CT molecular complexity index is 145. The number of hydrogen-bond donors (Lipinski definition) is 0. The second kappa shape index (κ2) is 6.20. The van der Waals surface area contributed by atoms with Gasteiger partial charge in [-0.1, -0.05) is 19.6 Å². The van der Waals surface area contributed by atoms with Crippen LogP contribution in [0.2, 0.25) is 0 Å². The summed E-state index contributed by atoms with van der Waals surface area (Å²) < 4.78 is 0. The predicted octanol–water partition coefficient (Wildman–Crippen LogP) is 2.94. The fraction of sp³-hybridized carbons (Fsp3) is 0.500. The van der Waals surface area contributed by atoms with E-state index in [1.807, 2.05) is 6.92 Å². The second-order valence-electron chi connectivity index (χ2n) is 1.83. The van der Waals surface area contributed by atoms with Crippen LogP contribution in [0.1, 0.15) is 20.3 Å². The normalized spacial score (nSPS) is 12.4. The number of allylic oxidation sites excluding steroid dienone is 2. The van der Waals surface area contributed by atoms with Crippen LogP contribution in [-0.2, 0) is 0 Å². The van der Waals surface area contributed by atoms with E-state index in [0.717, 1.165) is 18.5 Å². The summed E-state index contributed by atoms with van der Waals surface area (Å²) in [5.74, 6) is 0. The average Bonchev–Trinajstić information content (AvgIpc) is 1.99. The third-order valence-corrected chi connectivity index (χ3v) is 1.12. The van der Waals surface area contributed by atoms with Crippen molar-refractivity contribution >= 4 is 0 Å². The van der Waals surface area contributed by atoms with E-state index in [2.05, 4.69) is 23.7 Å². The van der Waals surface area contributed by atoms with Crippen LogP contribution in [0.15, 0.2) is 34.7 Å². The molecular weight excluding hydrogens is 124 g/mol. The maximum absolute atomic E-state index is 3.82. The van der Waals surface area contributed by atoms with E-state index >= 15 is 0 Å². The summed E-state index contributed by atoms with van der Waals surface area (Å²) >= 11 is 0. The number of rotatable bonds is 4. The van der Waals surface area contributed by atoms with Crippen molar-refractivity contribution in [1.82, 2.24) is 0 Å². The fourth-order valence-electron chi connectivity index (χ4n) is 0.485. The third-order valence-electron chi connectivity index (χ3n) is 1.12. The van der Waals surface area contributed by atoms with Crippen LogP contribution in [-0.4, -0.2) is 6.54 Å². The Morgan fingerprint density at radius 3 is 2.60 bits per heavy atom. The highest BCUT2D eigenvalue weighted by Crippen LogP contribution is 2.00. The van der Waals surface area contributed by atoms with Crippen LogP contribution in [0.4, 0.5) is 0 Å². The van der Waals surface area contributed by atoms with Crippen LogP contribution in [0.25, 0.3) is 0 Å². The number of hydrogen-bond acceptors (Lipinski definition) is 2. The first-order valence-electron chi connectivity index (χ1n) is 3.53.